The Bertz CT molecular complexity index is 71.8. The Balaban J connectivity index is 2.60. The molecule has 6 heavy (non-hydrogen) atoms. The maximum atomic E-state index is 6.43. The van der Waals surface area contributed by atoms with Crippen LogP contribution in [0.5, 0.6) is 0 Å². The molecule has 0 aromatic heterocycles. The molecule has 0 unspecified atom stereocenters. The Morgan fingerprint density at radius 2 is 3.17 bits per heavy atom. The van der Waals surface area contributed by atoms with Gasteiger partial charge in [-0.05, 0) is 1.34 Å². The molecule has 0 aromatic rings. The number of terminal acetylenes is 1. The van der Waals surface area contributed by atoms with Crippen LogP contribution in [0.4, 0.5) is 0 Å². The fourth-order valence-corrected chi connectivity index (χ4v) is 0.204. The number of rotatable bonds is 3. The molecule has 0 saturated heterocycles. The zero-order valence-electron chi connectivity index (χ0n) is 4.18. The molecule has 0 amide bonds. The highest BCUT2D eigenvalue weighted by atomic mass is 32.2. The van der Waals surface area contributed by atoms with E-state index in [2.05, 4.69) is 10.1 Å². The van der Waals surface area contributed by atoms with Gasteiger partial charge in [0.05, 0.1) is 0 Å². The van der Waals surface area contributed by atoms with Crippen LogP contribution in [-0.4, -0.2) is 15.0 Å². The van der Waals surface area contributed by atoms with Crippen molar-refractivity contribution < 1.29 is 4.18 Å². The number of hydrogen-bond acceptors (Lipinski definition) is 2. The van der Waals surface area contributed by atoms with Gasteiger partial charge < -0.3 is 4.18 Å². The zero-order valence-corrected chi connectivity index (χ0v) is 3.99. The molecule has 3 heteroatoms. The first kappa shape index (κ1) is 4.10. The van der Waals surface area contributed by atoms with E-state index in [0.717, 1.165) is 19.0 Å². The summed E-state index contributed by atoms with van der Waals surface area (Å²) in [7, 11) is 1.08. The number of hydrogen-bond donors (Lipinski definition) is 0. The highest BCUT2D eigenvalue weighted by Crippen LogP contribution is 1.88. The third kappa shape index (κ3) is 3.93. The van der Waals surface area contributed by atoms with E-state index in [1.807, 2.05) is 0 Å². The molecule has 0 N–H and O–H groups in total. The predicted octanol–water partition coefficient (Wildman–Crippen LogP) is 0.100. The van der Waals surface area contributed by atoms with Crippen molar-refractivity contribution in [3.05, 3.63) is 0 Å². The van der Waals surface area contributed by atoms with Crippen molar-refractivity contribution >= 4 is 19.0 Å². The van der Waals surface area contributed by atoms with Crippen LogP contribution in [0.2, 0.25) is 0 Å². The van der Waals surface area contributed by atoms with E-state index in [4.69, 9.17) is 7.76 Å². The lowest BCUT2D eigenvalue weighted by Crippen LogP contribution is -1.76. The second kappa shape index (κ2) is 4.93. The summed E-state index contributed by atoms with van der Waals surface area (Å²) in [5, 5.41) is 0. The fourth-order valence-electron chi connectivity index (χ4n) is 0.0680. The van der Waals surface area contributed by atoms with Gasteiger partial charge in [-0.15, -0.1) is 6.42 Å². The van der Waals surface area contributed by atoms with Gasteiger partial charge in [0.2, 0.25) is 7.09 Å². The Morgan fingerprint density at radius 1 is 2.33 bits per heavy atom. The summed E-state index contributed by atoms with van der Waals surface area (Å²) in [5.74, 6) is 2.26. The van der Waals surface area contributed by atoms with Gasteiger partial charge >= 0.3 is 0 Å². The van der Waals surface area contributed by atoms with E-state index < -0.39 is 0 Å². The van der Waals surface area contributed by atoms with Crippen LogP contribution < -0.4 is 0 Å². The van der Waals surface area contributed by atoms with Crippen LogP contribution >= 0.6 is 11.9 Å². The molecule has 0 heterocycles. The standard InChI is InChI=1S/C3H4BOS/c1-2-3-5-6-4/h1,4H,3H2/i4T. The highest BCUT2D eigenvalue weighted by Gasteiger charge is 1.69. The molecule has 0 spiro atoms. The smallest absolute Gasteiger partial charge is 0.209 e. The quantitative estimate of drug-likeness (QED) is 0.216. The molecule has 0 atom stereocenters. The summed E-state index contributed by atoms with van der Waals surface area (Å²) >= 11 is 0.932. The first-order valence-corrected chi connectivity index (χ1v) is 2.14. The van der Waals surface area contributed by atoms with Crippen molar-refractivity contribution in [1.29, 1.82) is 1.34 Å². The summed E-state index contributed by atoms with van der Waals surface area (Å²) in [6, 6.07) is 0. The van der Waals surface area contributed by atoms with Gasteiger partial charge in [0.15, 0.2) is 0 Å². The molecule has 1 nitrogen and oxygen atoms in total. The monoisotopic (exact) mass is 101 g/mol. The first-order valence-electron chi connectivity index (χ1n) is 1.91. The minimum Gasteiger partial charge on any atom is -0.315 e. The van der Waals surface area contributed by atoms with Crippen LogP contribution in [0.3, 0.4) is 0 Å². The van der Waals surface area contributed by atoms with Gasteiger partial charge in [-0.1, -0.05) is 17.8 Å². The molecule has 0 aromatic carbocycles. The molecule has 0 saturated carbocycles. The van der Waals surface area contributed by atoms with Crippen LogP contribution in [0.15, 0.2) is 0 Å². The van der Waals surface area contributed by atoms with Gasteiger partial charge in [0.25, 0.3) is 0 Å². The van der Waals surface area contributed by atoms with E-state index >= 15 is 0 Å². The first-order chi connectivity index (χ1) is 3.41. The van der Waals surface area contributed by atoms with E-state index in [-0.39, 0.29) is 6.61 Å². The molecule has 1 radical (unpaired) electrons. The van der Waals surface area contributed by atoms with Crippen LogP contribution in [0, 0.1) is 12.3 Å². The van der Waals surface area contributed by atoms with Crippen LogP contribution in [0.25, 0.3) is 0 Å². The third-order valence-corrected chi connectivity index (χ3v) is 0.464. The van der Waals surface area contributed by atoms with Crippen molar-refractivity contribution in [3.63, 3.8) is 0 Å². The molecule has 0 aliphatic heterocycles. The van der Waals surface area contributed by atoms with Gasteiger partial charge in [-0.3, -0.25) is 0 Å². The van der Waals surface area contributed by atoms with E-state index in [0.29, 0.717) is 0 Å². The summed E-state index contributed by atoms with van der Waals surface area (Å²) in [4.78, 5) is 0. The SMILES string of the molecule is [3H][B]SOCC#C. The summed E-state index contributed by atoms with van der Waals surface area (Å²) in [6.07, 6.45) is 4.81. The minimum absolute atomic E-state index is 0.264. The summed E-state index contributed by atoms with van der Waals surface area (Å²) < 4.78 is 11.0. The maximum Gasteiger partial charge on any atom is 0.209 e. The lowest BCUT2D eigenvalue weighted by molar-refractivity contribution is 0.444. The normalized spacial score (nSPS) is 8.83. The molecule has 0 rings (SSSR count). The van der Waals surface area contributed by atoms with Crippen molar-refractivity contribution in [2.45, 2.75) is 0 Å². The Morgan fingerprint density at radius 3 is 3.67 bits per heavy atom. The van der Waals surface area contributed by atoms with Gasteiger partial charge in [-0.2, -0.15) is 0 Å². The Labute approximate surface area is 44.3 Å². The maximum absolute atomic E-state index is 6.43. The van der Waals surface area contributed by atoms with Crippen molar-refractivity contribution in [3.8, 4) is 12.3 Å². The van der Waals surface area contributed by atoms with Crippen molar-refractivity contribution in [2.24, 2.45) is 0 Å². The summed E-state index contributed by atoms with van der Waals surface area (Å²) in [6.45, 7) is 0.264. The second-order valence-corrected chi connectivity index (χ2v) is 0.991. The molecular weight excluding hydrogens is 94.9 g/mol. The predicted molar refractivity (Wildman–Crippen MR) is 29.5 cm³/mol. The van der Waals surface area contributed by atoms with Gasteiger partial charge in [-0.25, -0.2) is 0 Å². The summed E-state index contributed by atoms with van der Waals surface area (Å²) in [5.41, 5.74) is 0. The van der Waals surface area contributed by atoms with Crippen molar-refractivity contribution in [2.75, 3.05) is 6.61 Å². The average Bonchev–Trinajstić information content (AvgIpc) is 1.69. The van der Waals surface area contributed by atoms with Crippen molar-refractivity contribution in [1.82, 2.24) is 0 Å². The second-order valence-electron chi connectivity index (χ2n) is 0.563. The lowest BCUT2D eigenvalue weighted by atomic mass is 10.8. The van der Waals surface area contributed by atoms with E-state index in [9.17, 15) is 0 Å². The molecule has 31 valence electrons. The average molecular weight is 101 g/mol. The molecule has 0 aliphatic rings. The van der Waals surface area contributed by atoms with Crippen LogP contribution in [-0.2, 0) is 4.18 Å². The highest BCUT2D eigenvalue weighted by molar-refractivity contribution is 8.15. The topological polar surface area (TPSA) is 9.23 Å². The third-order valence-electron chi connectivity index (χ3n) is 0.210. The Hall–Kier alpha value is -0.0651. The molecular formula is C3H4BOS. The van der Waals surface area contributed by atoms with Crippen LogP contribution in [0.1, 0.15) is 0 Å². The van der Waals surface area contributed by atoms with Gasteiger partial charge in [0, 0.05) is 0 Å². The largest absolute Gasteiger partial charge is 0.315 e. The van der Waals surface area contributed by atoms with E-state index in [1.54, 1.807) is 0 Å². The molecule has 0 aliphatic carbocycles. The van der Waals surface area contributed by atoms with E-state index in [1.165, 1.54) is 0 Å². The fraction of sp³-hybridized carbons (Fsp3) is 0.333. The molecule has 0 bridgehead atoms. The lowest BCUT2D eigenvalue weighted by Gasteiger charge is -1.85. The Kier molecular flexibility index (Phi) is 3.38. The zero-order chi connectivity index (χ0) is 5.54. The molecule has 0 fully saturated rings. The van der Waals surface area contributed by atoms with Gasteiger partial charge in [0.1, 0.15) is 6.61 Å². The minimum atomic E-state index is 0.264.